The molecule has 18 heavy (non-hydrogen) atoms. The van der Waals surface area contributed by atoms with Crippen molar-refractivity contribution in [1.29, 1.82) is 0 Å². The zero-order valence-electron chi connectivity index (χ0n) is 9.46. The van der Waals surface area contributed by atoms with Gasteiger partial charge in [-0.05, 0) is 24.3 Å². The summed E-state index contributed by atoms with van der Waals surface area (Å²) in [6.45, 7) is 0. The molecule has 0 saturated carbocycles. The quantitative estimate of drug-likeness (QED) is 0.797. The minimum atomic E-state index is -0.538. The Labute approximate surface area is 107 Å². The first kappa shape index (κ1) is 12.5. The molecular weight excluding hydrogens is 255 g/mol. The van der Waals surface area contributed by atoms with Gasteiger partial charge in [0.05, 0.1) is 19.5 Å². The van der Waals surface area contributed by atoms with Crippen LogP contribution >= 0.6 is 11.8 Å². The Kier molecular flexibility index (Phi) is 3.88. The molecule has 0 bridgehead atoms. The lowest BCUT2D eigenvalue weighted by atomic mass is 10.4. The molecule has 0 radical (unpaired) electrons. The molecule has 0 unspecified atom stereocenters. The molecule has 0 saturated heterocycles. The zero-order chi connectivity index (χ0) is 13.0. The van der Waals surface area contributed by atoms with Crippen molar-refractivity contribution in [2.45, 2.75) is 9.92 Å². The number of hydrogen-bond acceptors (Lipinski definition) is 5. The molecule has 92 valence electrons. The third-order valence-corrected chi connectivity index (χ3v) is 2.96. The number of carbonyl (C=O) groups excluding carboxylic acids is 1. The summed E-state index contributed by atoms with van der Waals surface area (Å²) in [6, 6.07) is 5.98. The van der Waals surface area contributed by atoms with Gasteiger partial charge < -0.3 is 4.74 Å². The number of hydrogen-bond donors (Lipinski definition) is 0. The van der Waals surface area contributed by atoms with Crippen LogP contribution in [0.2, 0.25) is 0 Å². The second kappa shape index (κ2) is 5.59. The molecule has 1 aromatic heterocycles. The van der Waals surface area contributed by atoms with E-state index in [2.05, 4.69) is 14.7 Å². The van der Waals surface area contributed by atoms with E-state index < -0.39 is 5.97 Å². The molecule has 6 heteroatoms. The van der Waals surface area contributed by atoms with E-state index in [0.717, 1.165) is 4.90 Å². The fraction of sp³-hybridized carbons (Fsp3) is 0.0833. The zero-order valence-corrected chi connectivity index (χ0v) is 10.3. The molecule has 0 fully saturated rings. The molecule has 1 heterocycles. The van der Waals surface area contributed by atoms with Gasteiger partial charge in [-0.15, -0.1) is 0 Å². The van der Waals surface area contributed by atoms with Crippen molar-refractivity contribution in [3.05, 3.63) is 48.2 Å². The van der Waals surface area contributed by atoms with Gasteiger partial charge in [-0.1, -0.05) is 11.8 Å². The molecule has 0 aliphatic heterocycles. The van der Waals surface area contributed by atoms with Crippen LogP contribution in [-0.4, -0.2) is 23.0 Å². The highest BCUT2D eigenvalue weighted by Crippen LogP contribution is 2.25. The third kappa shape index (κ3) is 3.04. The number of halogens is 1. The highest BCUT2D eigenvalue weighted by atomic mass is 32.2. The topological polar surface area (TPSA) is 52.1 Å². The van der Waals surface area contributed by atoms with E-state index in [9.17, 15) is 9.18 Å². The molecule has 2 rings (SSSR count). The second-order valence-corrected chi connectivity index (χ2v) is 4.38. The molecule has 1 aromatic carbocycles. The maximum Gasteiger partial charge on any atom is 0.358 e. The van der Waals surface area contributed by atoms with Crippen LogP contribution in [0, 0.1) is 5.82 Å². The fourth-order valence-corrected chi connectivity index (χ4v) is 1.99. The average Bonchev–Trinajstić information content (AvgIpc) is 2.41. The first-order valence-electron chi connectivity index (χ1n) is 5.03. The van der Waals surface area contributed by atoms with E-state index in [1.807, 2.05) is 0 Å². The first-order chi connectivity index (χ1) is 8.69. The van der Waals surface area contributed by atoms with Crippen molar-refractivity contribution in [1.82, 2.24) is 9.97 Å². The Balaban J connectivity index is 2.19. The molecular formula is C12H9FN2O2S. The van der Waals surface area contributed by atoms with Crippen molar-refractivity contribution in [2.75, 3.05) is 7.11 Å². The summed E-state index contributed by atoms with van der Waals surface area (Å²) in [5.74, 6) is -0.835. The van der Waals surface area contributed by atoms with Crippen LogP contribution in [0.3, 0.4) is 0 Å². The van der Waals surface area contributed by atoms with Gasteiger partial charge in [0.25, 0.3) is 0 Å². The van der Waals surface area contributed by atoms with Crippen molar-refractivity contribution < 1.29 is 13.9 Å². The van der Waals surface area contributed by atoms with Gasteiger partial charge in [0, 0.05) is 4.90 Å². The Bertz CT molecular complexity index is 560. The number of aromatic nitrogens is 2. The van der Waals surface area contributed by atoms with Crippen LogP contribution < -0.4 is 0 Å². The van der Waals surface area contributed by atoms with Crippen molar-refractivity contribution in [3.63, 3.8) is 0 Å². The van der Waals surface area contributed by atoms with Crippen LogP contribution in [-0.2, 0) is 4.74 Å². The summed E-state index contributed by atoms with van der Waals surface area (Å²) in [4.78, 5) is 20.1. The SMILES string of the molecule is COC(=O)c1cncc(Sc2ccc(F)cc2)n1. The van der Waals surface area contributed by atoms with E-state index in [0.29, 0.717) is 5.03 Å². The predicted octanol–water partition coefficient (Wildman–Crippen LogP) is 2.55. The summed E-state index contributed by atoms with van der Waals surface area (Å²) in [5.41, 5.74) is 0.143. The van der Waals surface area contributed by atoms with E-state index in [4.69, 9.17) is 0 Å². The summed E-state index contributed by atoms with van der Waals surface area (Å²) in [6.07, 6.45) is 2.86. The van der Waals surface area contributed by atoms with E-state index in [-0.39, 0.29) is 11.5 Å². The van der Waals surface area contributed by atoms with E-state index in [1.54, 1.807) is 12.1 Å². The smallest absolute Gasteiger partial charge is 0.358 e. The molecule has 0 aliphatic rings. The number of nitrogens with zero attached hydrogens (tertiary/aromatic N) is 2. The van der Waals surface area contributed by atoms with Crippen molar-refractivity contribution >= 4 is 17.7 Å². The summed E-state index contributed by atoms with van der Waals surface area (Å²) >= 11 is 1.29. The predicted molar refractivity (Wildman–Crippen MR) is 63.9 cm³/mol. The lowest BCUT2D eigenvalue weighted by molar-refractivity contribution is 0.0592. The van der Waals surface area contributed by atoms with Gasteiger partial charge in [0.1, 0.15) is 10.8 Å². The van der Waals surface area contributed by atoms with Gasteiger partial charge in [0.2, 0.25) is 0 Å². The normalized spacial score (nSPS) is 10.1. The van der Waals surface area contributed by atoms with E-state index >= 15 is 0 Å². The minimum absolute atomic E-state index is 0.143. The molecule has 0 amide bonds. The number of methoxy groups -OCH3 is 1. The maximum absolute atomic E-state index is 12.7. The molecule has 2 aromatic rings. The Morgan fingerprint density at radius 3 is 2.67 bits per heavy atom. The van der Waals surface area contributed by atoms with Gasteiger partial charge in [-0.25, -0.2) is 14.2 Å². The van der Waals surface area contributed by atoms with Gasteiger partial charge >= 0.3 is 5.97 Å². The van der Waals surface area contributed by atoms with Crippen LogP contribution in [0.25, 0.3) is 0 Å². The van der Waals surface area contributed by atoms with Crippen molar-refractivity contribution in [3.8, 4) is 0 Å². The molecule has 4 nitrogen and oxygen atoms in total. The largest absolute Gasteiger partial charge is 0.464 e. The Hall–Kier alpha value is -1.95. The lowest BCUT2D eigenvalue weighted by Gasteiger charge is -2.02. The molecule has 0 aliphatic carbocycles. The Morgan fingerprint density at radius 2 is 2.00 bits per heavy atom. The van der Waals surface area contributed by atoms with Crippen LogP contribution in [0.4, 0.5) is 4.39 Å². The standard InChI is InChI=1S/C12H9FN2O2S/c1-17-12(16)10-6-14-7-11(15-10)18-9-4-2-8(13)3-5-9/h2-7H,1H3. The molecule has 0 atom stereocenters. The third-order valence-electron chi connectivity index (χ3n) is 2.04. The van der Waals surface area contributed by atoms with Crippen LogP contribution in [0.5, 0.6) is 0 Å². The highest BCUT2D eigenvalue weighted by Gasteiger charge is 2.09. The van der Waals surface area contributed by atoms with Gasteiger partial charge in [0.15, 0.2) is 5.69 Å². The monoisotopic (exact) mass is 264 g/mol. The average molecular weight is 264 g/mol. The second-order valence-electron chi connectivity index (χ2n) is 3.29. The number of ether oxygens (including phenoxy) is 1. The number of rotatable bonds is 3. The fourth-order valence-electron chi connectivity index (χ4n) is 1.22. The number of benzene rings is 1. The number of carbonyl (C=O) groups is 1. The molecule has 0 N–H and O–H groups in total. The van der Waals surface area contributed by atoms with Crippen LogP contribution in [0.1, 0.15) is 10.5 Å². The summed E-state index contributed by atoms with van der Waals surface area (Å²) in [5, 5.41) is 0.546. The minimum Gasteiger partial charge on any atom is -0.464 e. The first-order valence-corrected chi connectivity index (χ1v) is 5.84. The van der Waals surface area contributed by atoms with Gasteiger partial charge in [-0.2, -0.15) is 0 Å². The maximum atomic E-state index is 12.7. The van der Waals surface area contributed by atoms with E-state index in [1.165, 1.54) is 43.4 Å². The summed E-state index contributed by atoms with van der Waals surface area (Å²) in [7, 11) is 1.28. The lowest BCUT2D eigenvalue weighted by Crippen LogP contribution is -2.05. The van der Waals surface area contributed by atoms with Crippen LogP contribution in [0.15, 0.2) is 46.6 Å². The number of esters is 1. The molecule has 0 spiro atoms. The highest BCUT2D eigenvalue weighted by molar-refractivity contribution is 7.99. The van der Waals surface area contributed by atoms with Crippen molar-refractivity contribution in [2.24, 2.45) is 0 Å². The van der Waals surface area contributed by atoms with Gasteiger partial charge in [-0.3, -0.25) is 4.98 Å². The summed E-state index contributed by atoms with van der Waals surface area (Å²) < 4.78 is 17.3. The Morgan fingerprint density at radius 1 is 1.28 bits per heavy atom.